The molecule has 0 atom stereocenters. The van der Waals surface area contributed by atoms with Crippen molar-refractivity contribution in [1.82, 2.24) is 5.32 Å². The minimum atomic E-state index is 0.740. The van der Waals surface area contributed by atoms with E-state index in [1.807, 2.05) is 31.2 Å². The Morgan fingerprint density at radius 3 is 2.50 bits per heavy atom. The molecule has 0 unspecified atom stereocenters. The minimum Gasteiger partial charge on any atom is -0.239 e. The molecule has 0 bridgehead atoms. The molecule has 2 rings (SSSR count). The summed E-state index contributed by atoms with van der Waals surface area (Å²) < 4.78 is 0. The van der Waals surface area contributed by atoms with Crippen LogP contribution in [0.1, 0.15) is 18.9 Å². The smallest absolute Gasteiger partial charge is 0.128 e. The average Bonchev–Trinajstić information content (AvgIpc) is 2.67. The minimum absolute atomic E-state index is 0.740. The summed E-state index contributed by atoms with van der Waals surface area (Å²) in [4.78, 5) is 4.37. The largest absolute Gasteiger partial charge is 0.239 e. The van der Waals surface area contributed by atoms with Gasteiger partial charge in [-0.25, -0.2) is 10.3 Å². The molecule has 1 aliphatic heterocycles. The van der Waals surface area contributed by atoms with Crippen molar-refractivity contribution < 1.29 is 0 Å². The highest BCUT2D eigenvalue weighted by Gasteiger charge is 2.09. The molecule has 0 amide bonds. The van der Waals surface area contributed by atoms with E-state index in [0.717, 1.165) is 28.5 Å². The third-order valence-corrected chi connectivity index (χ3v) is 2.29. The maximum atomic E-state index is 5.80. The third-order valence-electron chi connectivity index (χ3n) is 2.04. The van der Waals surface area contributed by atoms with Crippen LogP contribution in [0.5, 0.6) is 0 Å². The van der Waals surface area contributed by atoms with Crippen LogP contribution in [0.15, 0.2) is 35.5 Å². The van der Waals surface area contributed by atoms with Gasteiger partial charge in [0.25, 0.3) is 0 Å². The lowest BCUT2D eigenvalue weighted by molar-refractivity contribution is 1.16. The summed E-state index contributed by atoms with van der Waals surface area (Å²) in [5, 5.41) is 4.93. The van der Waals surface area contributed by atoms with Gasteiger partial charge in [0.05, 0.1) is 11.9 Å². The van der Waals surface area contributed by atoms with E-state index in [9.17, 15) is 0 Å². The summed E-state index contributed by atoms with van der Waals surface area (Å²) in [6, 6.07) is 7.62. The zero-order chi connectivity index (χ0) is 9.97. The first kappa shape index (κ1) is 9.28. The number of hydrogen-bond acceptors (Lipinski definition) is 1. The fourth-order valence-electron chi connectivity index (χ4n) is 1.26. The topological polar surface area (TPSA) is 26.5 Å². The predicted octanol–water partition coefficient (Wildman–Crippen LogP) is 3.06. The molecule has 1 aliphatic rings. The number of hydrogen-bond donors (Lipinski definition) is 0. The molecule has 1 aromatic carbocycles. The van der Waals surface area contributed by atoms with Crippen molar-refractivity contribution in [2.45, 2.75) is 13.3 Å². The molecule has 3 heteroatoms. The molecule has 0 fully saturated rings. The molecule has 0 saturated heterocycles. The number of halogens is 1. The molecule has 1 heterocycles. The fraction of sp³-hybridized carbons (Fsp3) is 0.182. The molecular formula is C11H10ClN2. The van der Waals surface area contributed by atoms with Crippen LogP contribution in [0.25, 0.3) is 5.70 Å². The zero-order valence-corrected chi connectivity index (χ0v) is 8.62. The molecule has 0 saturated carbocycles. The Kier molecular flexibility index (Phi) is 2.55. The van der Waals surface area contributed by atoms with Gasteiger partial charge < -0.3 is 0 Å². The van der Waals surface area contributed by atoms with Crippen LogP contribution in [0.2, 0.25) is 5.02 Å². The number of aliphatic imine (C=N–C) groups is 1. The maximum Gasteiger partial charge on any atom is 0.128 e. The van der Waals surface area contributed by atoms with Crippen LogP contribution in [0, 0.1) is 0 Å². The van der Waals surface area contributed by atoms with Gasteiger partial charge in [0.15, 0.2) is 0 Å². The third kappa shape index (κ3) is 1.80. The molecule has 71 valence electrons. The van der Waals surface area contributed by atoms with Crippen molar-refractivity contribution in [1.29, 1.82) is 0 Å². The van der Waals surface area contributed by atoms with Crippen LogP contribution in [-0.2, 0) is 0 Å². The highest BCUT2D eigenvalue weighted by atomic mass is 35.5. The van der Waals surface area contributed by atoms with Crippen molar-refractivity contribution in [2.24, 2.45) is 4.99 Å². The van der Waals surface area contributed by atoms with Crippen molar-refractivity contribution in [2.75, 3.05) is 0 Å². The summed E-state index contributed by atoms with van der Waals surface area (Å²) in [6.45, 7) is 2.04. The number of nitrogens with zero attached hydrogens (tertiary/aromatic N) is 2. The van der Waals surface area contributed by atoms with Crippen LogP contribution in [0.3, 0.4) is 0 Å². The Labute approximate surface area is 88.3 Å². The summed E-state index contributed by atoms with van der Waals surface area (Å²) in [5.74, 6) is 0.884. The lowest BCUT2D eigenvalue weighted by Crippen LogP contribution is -2.02. The monoisotopic (exact) mass is 205 g/mol. The second kappa shape index (κ2) is 3.84. The molecule has 2 nitrogen and oxygen atoms in total. The summed E-state index contributed by atoms with van der Waals surface area (Å²) in [7, 11) is 0. The molecule has 1 radical (unpaired) electrons. The first-order valence-electron chi connectivity index (χ1n) is 4.54. The lowest BCUT2D eigenvalue weighted by Gasteiger charge is -1.97. The standard InChI is InChI=1S/C11H10ClN2/c1-2-11-13-7-10(14-11)8-3-5-9(12)6-4-8/h3-7H,2H2,1H3. The van der Waals surface area contributed by atoms with Gasteiger partial charge >= 0.3 is 0 Å². The SMILES string of the molecule is CCC1=NC(c2ccc(Cl)cc2)=C[N]1. The Bertz CT molecular complexity index is 390. The van der Waals surface area contributed by atoms with Gasteiger partial charge in [0.1, 0.15) is 5.84 Å². The molecular weight excluding hydrogens is 196 g/mol. The second-order valence-electron chi connectivity index (χ2n) is 3.03. The predicted molar refractivity (Wildman–Crippen MR) is 59.3 cm³/mol. The Morgan fingerprint density at radius 1 is 1.21 bits per heavy atom. The Morgan fingerprint density at radius 2 is 1.93 bits per heavy atom. The van der Waals surface area contributed by atoms with E-state index in [1.54, 1.807) is 6.20 Å². The summed E-state index contributed by atoms with van der Waals surface area (Å²) >= 11 is 5.80. The Balaban J connectivity index is 2.25. The highest BCUT2D eigenvalue weighted by molar-refractivity contribution is 6.30. The average molecular weight is 206 g/mol. The molecule has 0 spiro atoms. The van der Waals surface area contributed by atoms with Crippen LogP contribution in [-0.4, -0.2) is 5.84 Å². The van der Waals surface area contributed by atoms with Gasteiger partial charge in [0, 0.05) is 17.0 Å². The Hall–Kier alpha value is -1.28. The van der Waals surface area contributed by atoms with Crippen LogP contribution >= 0.6 is 11.6 Å². The first-order valence-corrected chi connectivity index (χ1v) is 4.92. The summed E-state index contributed by atoms with van der Waals surface area (Å²) in [5.41, 5.74) is 1.97. The summed E-state index contributed by atoms with van der Waals surface area (Å²) in [6.07, 6.45) is 2.66. The van der Waals surface area contributed by atoms with Crippen LogP contribution in [0.4, 0.5) is 0 Å². The number of amidine groups is 1. The maximum absolute atomic E-state index is 5.80. The van der Waals surface area contributed by atoms with Gasteiger partial charge in [-0.15, -0.1) is 0 Å². The van der Waals surface area contributed by atoms with Crippen molar-refractivity contribution in [3.8, 4) is 0 Å². The van der Waals surface area contributed by atoms with E-state index in [4.69, 9.17) is 11.6 Å². The zero-order valence-electron chi connectivity index (χ0n) is 7.87. The lowest BCUT2D eigenvalue weighted by atomic mass is 10.2. The quantitative estimate of drug-likeness (QED) is 0.710. The highest BCUT2D eigenvalue weighted by Crippen LogP contribution is 2.21. The molecule has 0 aromatic heterocycles. The van der Waals surface area contributed by atoms with Gasteiger partial charge in [-0.05, 0) is 12.1 Å². The fourth-order valence-corrected chi connectivity index (χ4v) is 1.39. The van der Waals surface area contributed by atoms with Crippen LogP contribution < -0.4 is 5.32 Å². The molecule has 0 N–H and O–H groups in total. The van der Waals surface area contributed by atoms with Gasteiger partial charge in [-0.3, -0.25) is 0 Å². The van der Waals surface area contributed by atoms with E-state index >= 15 is 0 Å². The van der Waals surface area contributed by atoms with E-state index in [0.29, 0.717) is 0 Å². The molecule has 14 heavy (non-hydrogen) atoms. The van der Waals surface area contributed by atoms with Crippen molar-refractivity contribution >= 4 is 23.1 Å². The number of rotatable bonds is 2. The van der Waals surface area contributed by atoms with Crippen molar-refractivity contribution in [3.63, 3.8) is 0 Å². The second-order valence-corrected chi connectivity index (χ2v) is 3.47. The van der Waals surface area contributed by atoms with E-state index in [1.165, 1.54) is 0 Å². The van der Waals surface area contributed by atoms with Crippen molar-refractivity contribution in [3.05, 3.63) is 41.1 Å². The molecule has 1 aromatic rings. The molecule has 0 aliphatic carbocycles. The normalized spacial score (nSPS) is 14.7. The van der Waals surface area contributed by atoms with Gasteiger partial charge in [-0.2, -0.15) is 0 Å². The first-order chi connectivity index (χ1) is 6.79. The number of benzene rings is 1. The van der Waals surface area contributed by atoms with Gasteiger partial charge in [0.2, 0.25) is 0 Å². The van der Waals surface area contributed by atoms with E-state index in [2.05, 4.69) is 10.3 Å². The van der Waals surface area contributed by atoms with E-state index in [-0.39, 0.29) is 0 Å². The van der Waals surface area contributed by atoms with Gasteiger partial charge in [-0.1, -0.05) is 30.7 Å². The van der Waals surface area contributed by atoms with E-state index < -0.39 is 0 Å².